The van der Waals surface area contributed by atoms with Crippen molar-refractivity contribution in [3.05, 3.63) is 47.3 Å². The Bertz CT molecular complexity index is 479. The first-order chi connectivity index (χ1) is 8.70. The molecular weight excluding hydrogens is 238 g/mol. The maximum Gasteiger partial charge on any atom is 0.126 e. The van der Waals surface area contributed by atoms with Crippen molar-refractivity contribution in [1.29, 1.82) is 0 Å². The fraction of sp³-hybridized carbons (Fsp3) is 0.333. The lowest BCUT2D eigenvalue weighted by Gasteiger charge is -2.16. The van der Waals surface area contributed by atoms with Crippen LogP contribution in [0.1, 0.15) is 30.6 Å². The van der Waals surface area contributed by atoms with E-state index in [9.17, 15) is 8.78 Å². The van der Waals surface area contributed by atoms with Gasteiger partial charge in [-0.05, 0) is 30.7 Å². The summed E-state index contributed by atoms with van der Waals surface area (Å²) in [5, 5.41) is 13.4. The third kappa shape index (κ3) is 2.89. The Kier molecular flexibility index (Phi) is 3.99. The molecule has 1 aromatic heterocycles. The van der Waals surface area contributed by atoms with Gasteiger partial charge in [0.25, 0.3) is 0 Å². The van der Waals surface area contributed by atoms with E-state index in [0.717, 1.165) is 19.0 Å². The molecule has 0 amide bonds. The van der Waals surface area contributed by atoms with Crippen LogP contribution in [0, 0.1) is 11.6 Å². The molecule has 0 aliphatic rings. The van der Waals surface area contributed by atoms with E-state index in [1.54, 1.807) is 0 Å². The molecule has 0 saturated carbocycles. The minimum absolute atomic E-state index is 0.367. The van der Waals surface area contributed by atoms with Gasteiger partial charge in [0.1, 0.15) is 17.3 Å². The third-order valence-electron chi connectivity index (χ3n) is 2.55. The highest BCUT2D eigenvalue weighted by Gasteiger charge is 2.17. The van der Waals surface area contributed by atoms with Crippen LogP contribution in [0.2, 0.25) is 0 Å². The minimum atomic E-state index is -0.600. The van der Waals surface area contributed by atoms with Gasteiger partial charge in [0.05, 0.1) is 12.2 Å². The summed E-state index contributed by atoms with van der Waals surface area (Å²) in [5.74, 6) is -1.20. The van der Waals surface area contributed by atoms with E-state index in [-0.39, 0.29) is 6.04 Å². The molecule has 0 bridgehead atoms. The number of rotatable bonds is 5. The van der Waals surface area contributed by atoms with Crippen molar-refractivity contribution in [2.24, 2.45) is 0 Å². The van der Waals surface area contributed by atoms with Crippen molar-refractivity contribution in [1.82, 2.24) is 20.7 Å². The van der Waals surface area contributed by atoms with Crippen LogP contribution in [0.3, 0.4) is 0 Å². The van der Waals surface area contributed by atoms with Crippen LogP contribution in [-0.2, 0) is 0 Å². The summed E-state index contributed by atoms with van der Waals surface area (Å²) >= 11 is 0. The first-order valence-electron chi connectivity index (χ1n) is 5.75. The van der Waals surface area contributed by atoms with Gasteiger partial charge in [-0.2, -0.15) is 15.4 Å². The van der Waals surface area contributed by atoms with Crippen molar-refractivity contribution in [3.8, 4) is 0 Å². The molecule has 0 radical (unpaired) electrons. The van der Waals surface area contributed by atoms with Crippen LogP contribution < -0.4 is 5.32 Å². The molecule has 18 heavy (non-hydrogen) atoms. The predicted molar refractivity (Wildman–Crippen MR) is 62.9 cm³/mol. The number of H-pyrrole nitrogens is 1. The smallest absolute Gasteiger partial charge is 0.126 e. The third-order valence-corrected chi connectivity index (χ3v) is 2.55. The van der Waals surface area contributed by atoms with Crippen molar-refractivity contribution in [3.63, 3.8) is 0 Å². The number of aromatic amines is 1. The lowest BCUT2D eigenvalue weighted by molar-refractivity contribution is 0.553. The van der Waals surface area contributed by atoms with Gasteiger partial charge in [-0.3, -0.25) is 0 Å². The van der Waals surface area contributed by atoms with Gasteiger partial charge in [-0.25, -0.2) is 8.78 Å². The van der Waals surface area contributed by atoms with Crippen molar-refractivity contribution < 1.29 is 8.78 Å². The summed E-state index contributed by atoms with van der Waals surface area (Å²) in [6.07, 6.45) is 2.45. The zero-order valence-electron chi connectivity index (χ0n) is 9.95. The molecule has 2 N–H and O–H groups in total. The molecule has 6 heteroatoms. The molecule has 1 atom stereocenters. The van der Waals surface area contributed by atoms with Crippen molar-refractivity contribution in [2.45, 2.75) is 19.4 Å². The van der Waals surface area contributed by atoms with Gasteiger partial charge in [0, 0.05) is 6.07 Å². The fourth-order valence-electron chi connectivity index (χ4n) is 1.77. The van der Waals surface area contributed by atoms with Gasteiger partial charge in [-0.15, -0.1) is 0 Å². The Morgan fingerprint density at radius 2 is 2.00 bits per heavy atom. The van der Waals surface area contributed by atoms with Crippen LogP contribution in [0.25, 0.3) is 0 Å². The van der Waals surface area contributed by atoms with E-state index in [0.29, 0.717) is 11.3 Å². The number of hydrogen-bond donors (Lipinski definition) is 2. The molecule has 1 aromatic carbocycles. The summed E-state index contributed by atoms with van der Waals surface area (Å²) < 4.78 is 26.5. The number of hydrogen-bond acceptors (Lipinski definition) is 3. The van der Waals surface area contributed by atoms with Crippen LogP contribution in [0.15, 0.2) is 24.4 Å². The van der Waals surface area contributed by atoms with Crippen LogP contribution in [-0.4, -0.2) is 22.0 Å². The number of nitrogens with one attached hydrogen (secondary N) is 2. The Morgan fingerprint density at radius 3 is 2.56 bits per heavy atom. The van der Waals surface area contributed by atoms with E-state index in [1.165, 1.54) is 18.3 Å². The van der Waals surface area contributed by atoms with Crippen LogP contribution in [0.5, 0.6) is 0 Å². The quantitative estimate of drug-likeness (QED) is 0.857. The van der Waals surface area contributed by atoms with E-state index in [1.807, 2.05) is 6.92 Å². The normalized spacial score (nSPS) is 12.6. The van der Waals surface area contributed by atoms with E-state index in [4.69, 9.17) is 0 Å². The Labute approximate surface area is 103 Å². The maximum absolute atomic E-state index is 13.2. The molecular formula is C12H14F2N4. The standard InChI is InChI=1S/C12H14F2N4/c1-2-3-15-12(11-7-16-18-17-11)8-4-9(13)6-10(14)5-8/h4-7,12,15H,2-3H2,1H3,(H,16,17,18). The van der Waals surface area contributed by atoms with E-state index in [2.05, 4.69) is 20.7 Å². The van der Waals surface area contributed by atoms with E-state index < -0.39 is 11.6 Å². The number of benzene rings is 1. The predicted octanol–water partition coefficient (Wildman–Crippen LogP) is 2.17. The van der Waals surface area contributed by atoms with Gasteiger partial charge >= 0.3 is 0 Å². The van der Waals surface area contributed by atoms with Crippen molar-refractivity contribution in [2.75, 3.05) is 6.54 Å². The SMILES string of the molecule is CCCNC(c1cc(F)cc(F)c1)c1cn[nH]n1. The number of halogens is 2. The highest BCUT2D eigenvalue weighted by atomic mass is 19.1. The first kappa shape index (κ1) is 12.6. The minimum Gasteiger partial charge on any atom is -0.305 e. The molecule has 0 spiro atoms. The van der Waals surface area contributed by atoms with Gasteiger partial charge < -0.3 is 5.32 Å². The molecule has 96 valence electrons. The zero-order valence-corrected chi connectivity index (χ0v) is 9.95. The summed E-state index contributed by atoms with van der Waals surface area (Å²) in [4.78, 5) is 0. The van der Waals surface area contributed by atoms with Crippen molar-refractivity contribution >= 4 is 0 Å². The maximum atomic E-state index is 13.2. The Hall–Kier alpha value is -1.82. The second-order valence-electron chi connectivity index (χ2n) is 3.98. The van der Waals surface area contributed by atoms with Gasteiger partial charge in [0.15, 0.2) is 0 Å². The zero-order chi connectivity index (χ0) is 13.0. The molecule has 0 fully saturated rings. The number of nitrogens with zero attached hydrogens (tertiary/aromatic N) is 2. The molecule has 0 saturated heterocycles. The average molecular weight is 252 g/mol. The molecule has 0 aliphatic carbocycles. The molecule has 4 nitrogen and oxygen atoms in total. The van der Waals surface area contributed by atoms with Gasteiger partial charge in [0.2, 0.25) is 0 Å². The monoisotopic (exact) mass is 252 g/mol. The molecule has 1 unspecified atom stereocenters. The lowest BCUT2D eigenvalue weighted by Crippen LogP contribution is -2.23. The second kappa shape index (κ2) is 5.68. The lowest BCUT2D eigenvalue weighted by atomic mass is 10.0. The average Bonchev–Trinajstić information content (AvgIpc) is 2.82. The Morgan fingerprint density at radius 1 is 1.28 bits per heavy atom. The second-order valence-corrected chi connectivity index (χ2v) is 3.98. The highest BCUT2D eigenvalue weighted by Crippen LogP contribution is 2.21. The van der Waals surface area contributed by atoms with Crippen LogP contribution >= 0.6 is 0 Å². The molecule has 1 heterocycles. The Balaban J connectivity index is 2.33. The summed E-state index contributed by atoms with van der Waals surface area (Å²) in [6, 6.07) is 3.08. The summed E-state index contributed by atoms with van der Waals surface area (Å²) in [5.41, 5.74) is 1.10. The summed E-state index contributed by atoms with van der Waals surface area (Å²) in [6.45, 7) is 2.73. The topological polar surface area (TPSA) is 53.6 Å². The molecule has 2 rings (SSSR count). The largest absolute Gasteiger partial charge is 0.305 e. The van der Waals surface area contributed by atoms with Crippen LogP contribution in [0.4, 0.5) is 8.78 Å². The molecule has 0 aliphatic heterocycles. The summed E-state index contributed by atoms with van der Waals surface area (Å²) in [7, 11) is 0. The highest BCUT2D eigenvalue weighted by molar-refractivity contribution is 5.27. The van der Waals surface area contributed by atoms with E-state index >= 15 is 0 Å². The fourth-order valence-corrected chi connectivity index (χ4v) is 1.77. The van der Waals surface area contributed by atoms with Gasteiger partial charge in [-0.1, -0.05) is 6.92 Å². The molecule has 2 aromatic rings. The first-order valence-corrected chi connectivity index (χ1v) is 5.75. The number of aromatic nitrogens is 3.